The summed E-state index contributed by atoms with van der Waals surface area (Å²) in [5, 5.41) is 11.5. The summed E-state index contributed by atoms with van der Waals surface area (Å²) < 4.78 is 0. The van der Waals surface area contributed by atoms with Gasteiger partial charge in [0.15, 0.2) is 0 Å². The van der Waals surface area contributed by atoms with E-state index in [0.29, 0.717) is 18.7 Å². The quantitative estimate of drug-likeness (QED) is 0.667. The third-order valence-electron chi connectivity index (χ3n) is 4.48. The third kappa shape index (κ3) is 4.15. The molecule has 2 aromatic carbocycles. The van der Waals surface area contributed by atoms with Crippen molar-refractivity contribution in [2.75, 3.05) is 26.2 Å². The Morgan fingerprint density at radius 2 is 1.76 bits per heavy atom. The van der Waals surface area contributed by atoms with Crippen LogP contribution >= 0.6 is 11.6 Å². The van der Waals surface area contributed by atoms with Crippen molar-refractivity contribution in [3.8, 4) is 0 Å². The first-order valence-corrected chi connectivity index (χ1v) is 8.53. The number of carbonyl (C=O) groups excluding carboxylic acids is 1. The lowest BCUT2D eigenvalue weighted by Crippen LogP contribution is -3.13. The molecule has 0 spiro atoms. The van der Waals surface area contributed by atoms with Crippen molar-refractivity contribution in [3.05, 3.63) is 74.8 Å². The van der Waals surface area contributed by atoms with Crippen molar-refractivity contribution in [1.82, 2.24) is 4.90 Å². The highest BCUT2D eigenvalue weighted by molar-refractivity contribution is 6.31. The van der Waals surface area contributed by atoms with Crippen LogP contribution in [0.2, 0.25) is 5.02 Å². The molecule has 2 aromatic rings. The lowest BCUT2D eigenvalue weighted by molar-refractivity contribution is -0.917. The number of carbonyl (C=O) groups is 1. The number of nitrogens with one attached hydrogen (secondary N) is 1. The highest BCUT2D eigenvalue weighted by Crippen LogP contribution is 2.15. The number of hydrogen-bond donors (Lipinski definition) is 1. The van der Waals surface area contributed by atoms with Gasteiger partial charge in [-0.05, 0) is 18.2 Å². The lowest BCUT2D eigenvalue weighted by Gasteiger charge is -2.32. The summed E-state index contributed by atoms with van der Waals surface area (Å²) in [5.74, 6) is -0.0771. The maximum atomic E-state index is 12.5. The Bertz CT molecular complexity index is 771. The van der Waals surface area contributed by atoms with E-state index in [1.165, 1.54) is 29.2 Å². The summed E-state index contributed by atoms with van der Waals surface area (Å²) in [7, 11) is 0. The first-order valence-electron chi connectivity index (χ1n) is 8.15. The standard InChI is InChI=1S/C18H18ClN3O3/c19-17-4-2-1-3-15(17)13-20-9-11-21(12-10-20)18(23)14-5-7-16(8-6-14)22(24)25/h1-8H,9-13H2/p+1. The monoisotopic (exact) mass is 360 g/mol. The van der Waals surface area contributed by atoms with Gasteiger partial charge in [-0.3, -0.25) is 14.9 Å². The molecule has 0 bridgehead atoms. The SMILES string of the molecule is O=C(c1ccc([N+](=O)[O-])cc1)N1CC[NH+](Cc2ccccc2Cl)CC1. The Morgan fingerprint density at radius 3 is 2.36 bits per heavy atom. The molecule has 1 aliphatic heterocycles. The van der Waals surface area contributed by atoms with E-state index < -0.39 is 4.92 Å². The minimum absolute atomic E-state index is 0.00875. The van der Waals surface area contributed by atoms with Crippen molar-refractivity contribution < 1.29 is 14.6 Å². The molecule has 0 aliphatic carbocycles. The van der Waals surface area contributed by atoms with Gasteiger partial charge in [0.1, 0.15) is 6.54 Å². The van der Waals surface area contributed by atoms with Gasteiger partial charge < -0.3 is 9.80 Å². The maximum Gasteiger partial charge on any atom is 0.269 e. The molecule has 0 unspecified atom stereocenters. The Morgan fingerprint density at radius 1 is 1.12 bits per heavy atom. The average molecular weight is 361 g/mol. The van der Waals surface area contributed by atoms with Gasteiger partial charge in [0, 0.05) is 28.3 Å². The molecule has 1 saturated heterocycles. The van der Waals surface area contributed by atoms with E-state index in [4.69, 9.17) is 11.6 Å². The number of rotatable bonds is 4. The van der Waals surface area contributed by atoms with Gasteiger partial charge in [0.05, 0.1) is 31.1 Å². The van der Waals surface area contributed by atoms with Gasteiger partial charge in [-0.25, -0.2) is 0 Å². The minimum atomic E-state index is -0.467. The molecule has 0 aromatic heterocycles. The summed E-state index contributed by atoms with van der Waals surface area (Å²) >= 11 is 6.21. The minimum Gasteiger partial charge on any atom is -0.328 e. The molecule has 25 heavy (non-hydrogen) atoms. The largest absolute Gasteiger partial charge is 0.328 e. The average Bonchev–Trinajstić information content (AvgIpc) is 2.64. The predicted molar refractivity (Wildman–Crippen MR) is 94.9 cm³/mol. The predicted octanol–water partition coefficient (Wildman–Crippen LogP) is 1.79. The number of quaternary nitrogens is 1. The molecule has 3 rings (SSSR count). The van der Waals surface area contributed by atoms with Gasteiger partial charge in [0.2, 0.25) is 0 Å². The highest BCUT2D eigenvalue weighted by Gasteiger charge is 2.25. The van der Waals surface area contributed by atoms with Crippen LogP contribution in [0.5, 0.6) is 0 Å². The summed E-state index contributed by atoms with van der Waals surface area (Å²) in [6.07, 6.45) is 0. The van der Waals surface area contributed by atoms with Gasteiger partial charge >= 0.3 is 0 Å². The molecule has 0 radical (unpaired) electrons. The molecule has 7 heteroatoms. The Labute approximate surface area is 150 Å². The second kappa shape index (κ2) is 7.63. The summed E-state index contributed by atoms with van der Waals surface area (Å²) in [6.45, 7) is 3.87. The van der Waals surface area contributed by atoms with Gasteiger partial charge in [-0.1, -0.05) is 29.8 Å². The molecular weight excluding hydrogens is 342 g/mol. The van der Waals surface area contributed by atoms with Crippen molar-refractivity contribution in [2.24, 2.45) is 0 Å². The Balaban J connectivity index is 1.57. The topological polar surface area (TPSA) is 67.9 Å². The molecule has 1 fully saturated rings. The zero-order valence-electron chi connectivity index (χ0n) is 13.7. The summed E-state index contributed by atoms with van der Waals surface area (Å²) in [4.78, 5) is 25.9. The Hall–Kier alpha value is -2.44. The Kier molecular flexibility index (Phi) is 5.31. The number of nitro groups is 1. The highest BCUT2D eigenvalue weighted by atomic mass is 35.5. The van der Waals surface area contributed by atoms with Crippen molar-refractivity contribution in [2.45, 2.75) is 6.54 Å². The van der Waals surface area contributed by atoms with Gasteiger partial charge in [-0.2, -0.15) is 0 Å². The van der Waals surface area contributed by atoms with Crippen LogP contribution in [-0.2, 0) is 6.54 Å². The van der Waals surface area contributed by atoms with Crippen LogP contribution < -0.4 is 4.90 Å². The van der Waals surface area contributed by atoms with E-state index in [-0.39, 0.29) is 11.6 Å². The van der Waals surface area contributed by atoms with Crippen LogP contribution in [0.4, 0.5) is 5.69 Å². The molecule has 6 nitrogen and oxygen atoms in total. The van der Waals surface area contributed by atoms with E-state index in [1.54, 1.807) is 4.90 Å². The van der Waals surface area contributed by atoms with E-state index in [0.717, 1.165) is 30.2 Å². The maximum absolute atomic E-state index is 12.5. The van der Waals surface area contributed by atoms with E-state index >= 15 is 0 Å². The lowest BCUT2D eigenvalue weighted by atomic mass is 10.1. The number of piperazine rings is 1. The number of halogens is 1. The fraction of sp³-hybridized carbons (Fsp3) is 0.278. The smallest absolute Gasteiger partial charge is 0.269 e. The first-order chi connectivity index (χ1) is 12.0. The number of amides is 1. The van der Waals surface area contributed by atoms with Crippen molar-refractivity contribution >= 4 is 23.2 Å². The van der Waals surface area contributed by atoms with E-state index in [1.807, 2.05) is 24.3 Å². The second-order valence-electron chi connectivity index (χ2n) is 6.11. The molecule has 130 valence electrons. The number of benzene rings is 2. The third-order valence-corrected chi connectivity index (χ3v) is 4.85. The van der Waals surface area contributed by atoms with Crippen LogP contribution in [0.25, 0.3) is 0 Å². The van der Waals surface area contributed by atoms with Gasteiger partial charge in [-0.15, -0.1) is 0 Å². The first kappa shape index (κ1) is 17.4. The number of non-ortho nitro benzene ring substituents is 1. The number of hydrogen-bond acceptors (Lipinski definition) is 3. The zero-order chi connectivity index (χ0) is 17.8. The summed E-state index contributed by atoms with van der Waals surface area (Å²) in [6, 6.07) is 13.6. The number of nitrogens with zero attached hydrogens (tertiary/aromatic N) is 2. The molecule has 0 saturated carbocycles. The number of nitro benzene ring substituents is 1. The van der Waals surface area contributed by atoms with Crippen LogP contribution in [0.3, 0.4) is 0 Å². The fourth-order valence-corrected chi connectivity index (χ4v) is 3.22. The van der Waals surface area contributed by atoms with Crippen molar-refractivity contribution in [3.63, 3.8) is 0 Å². The molecule has 1 heterocycles. The molecule has 0 atom stereocenters. The van der Waals surface area contributed by atoms with Crippen LogP contribution in [0.15, 0.2) is 48.5 Å². The van der Waals surface area contributed by atoms with Crippen LogP contribution in [0, 0.1) is 10.1 Å². The normalized spacial score (nSPS) is 15.2. The van der Waals surface area contributed by atoms with Crippen LogP contribution in [-0.4, -0.2) is 41.9 Å². The van der Waals surface area contributed by atoms with Crippen molar-refractivity contribution in [1.29, 1.82) is 0 Å². The van der Waals surface area contributed by atoms with Crippen LogP contribution in [0.1, 0.15) is 15.9 Å². The molecular formula is C18H19ClN3O3+. The second-order valence-corrected chi connectivity index (χ2v) is 6.52. The summed E-state index contributed by atoms with van der Waals surface area (Å²) in [5.41, 5.74) is 1.60. The van der Waals surface area contributed by atoms with E-state index in [2.05, 4.69) is 0 Å². The zero-order valence-corrected chi connectivity index (χ0v) is 14.4. The molecule has 1 amide bonds. The molecule has 1 aliphatic rings. The molecule has 1 N–H and O–H groups in total. The fourth-order valence-electron chi connectivity index (χ4n) is 3.02. The van der Waals surface area contributed by atoms with E-state index in [9.17, 15) is 14.9 Å². The van der Waals surface area contributed by atoms with Gasteiger partial charge in [0.25, 0.3) is 11.6 Å².